The molecule has 0 saturated carbocycles. The summed E-state index contributed by atoms with van der Waals surface area (Å²) in [6.45, 7) is 5.74. The Morgan fingerprint density at radius 3 is 2.59 bits per heavy atom. The summed E-state index contributed by atoms with van der Waals surface area (Å²) in [5, 5.41) is 0.890. The molecule has 3 aromatic rings. The van der Waals surface area contributed by atoms with E-state index in [2.05, 4.69) is 35.1 Å². The van der Waals surface area contributed by atoms with Gasteiger partial charge >= 0.3 is 0 Å². The Balaban J connectivity index is 1.60. The van der Waals surface area contributed by atoms with E-state index in [1.807, 2.05) is 13.0 Å². The van der Waals surface area contributed by atoms with E-state index < -0.39 is 10.0 Å². The minimum absolute atomic E-state index is 0.282. The van der Waals surface area contributed by atoms with Gasteiger partial charge in [0.05, 0.1) is 29.1 Å². The summed E-state index contributed by atoms with van der Waals surface area (Å²) >= 11 is 3.40. The Morgan fingerprint density at radius 1 is 1.12 bits per heavy atom. The zero-order valence-electron chi connectivity index (χ0n) is 19.6. The lowest BCUT2D eigenvalue weighted by atomic mass is 10.2. The largest absolute Gasteiger partial charge is 0.382 e. The van der Waals surface area contributed by atoms with Crippen molar-refractivity contribution >= 4 is 44.6 Å². The zero-order valence-corrected chi connectivity index (χ0v) is 22.1. The van der Waals surface area contributed by atoms with Crippen LogP contribution in [0.5, 0.6) is 0 Å². The van der Waals surface area contributed by atoms with Gasteiger partial charge in [-0.2, -0.15) is 4.31 Å². The Bertz CT molecular complexity index is 1190. The van der Waals surface area contributed by atoms with Crippen LogP contribution in [0.15, 0.2) is 57.4 Å². The molecule has 0 aliphatic carbocycles. The molecule has 10 heteroatoms. The highest BCUT2D eigenvalue weighted by atomic mass is 32.2. The van der Waals surface area contributed by atoms with Gasteiger partial charge in [-0.15, -0.1) is 11.8 Å². The molecule has 0 atom stereocenters. The molecule has 7 nitrogen and oxygen atoms in total. The second-order valence-corrected chi connectivity index (χ2v) is 11.7. The number of nitrogens with zero attached hydrogens (tertiary/aromatic N) is 3. The standard InChI is InChI=1S/C24H31N3O4S3/c1-3-30-14-4-11-27-23-10-9-21(34(28,29)26-12-15-31-16-13-26)17-22(23)25-24(27)33-18-19-5-7-20(32-2)8-6-19/h5-10,17H,3-4,11-16,18H2,1-2H3. The Kier molecular flexibility index (Phi) is 8.95. The second-order valence-electron chi connectivity index (χ2n) is 7.90. The number of morpholine rings is 1. The number of hydrogen-bond acceptors (Lipinski definition) is 7. The van der Waals surface area contributed by atoms with Crippen LogP contribution < -0.4 is 0 Å². The summed E-state index contributed by atoms with van der Waals surface area (Å²) in [5.74, 6) is 0.794. The fraction of sp³-hybridized carbons (Fsp3) is 0.458. The summed E-state index contributed by atoms with van der Waals surface area (Å²) in [7, 11) is -3.57. The van der Waals surface area contributed by atoms with Crippen LogP contribution in [0.3, 0.4) is 0 Å². The van der Waals surface area contributed by atoms with Gasteiger partial charge in [0, 0.05) is 43.5 Å². The SMILES string of the molecule is CCOCCCn1c(SCc2ccc(SC)cc2)nc2cc(S(=O)(=O)N3CCOCC3)ccc21. The molecule has 184 valence electrons. The first-order chi connectivity index (χ1) is 16.5. The summed E-state index contributed by atoms with van der Waals surface area (Å²) in [6.07, 6.45) is 2.94. The first-order valence-corrected chi connectivity index (χ1v) is 15.1. The highest BCUT2D eigenvalue weighted by Gasteiger charge is 2.27. The van der Waals surface area contributed by atoms with Crippen LogP contribution in [-0.2, 0) is 31.8 Å². The van der Waals surface area contributed by atoms with Gasteiger partial charge in [-0.05, 0) is 55.5 Å². The third-order valence-electron chi connectivity index (χ3n) is 5.69. The van der Waals surface area contributed by atoms with Crippen LogP contribution >= 0.6 is 23.5 Å². The number of thioether (sulfide) groups is 2. The van der Waals surface area contributed by atoms with E-state index >= 15 is 0 Å². The van der Waals surface area contributed by atoms with Crippen LogP contribution in [0.2, 0.25) is 0 Å². The summed E-state index contributed by atoms with van der Waals surface area (Å²) < 4.78 is 40.8. The number of hydrogen-bond donors (Lipinski definition) is 0. The molecule has 2 heterocycles. The molecule has 0 radical (unpaired) electrons. The first-order valence-electron chi connectivity index (χ1n) is 11.4. The van der Waals surface area contributed by atoms with Crippen LogP contribution in [0.1, 0.15) is 18.9 Å². The number of ether oxygens (including phenoxy) is 2. The maximum atomic E-state index is 13.1. The van der Waals surface area contributed by atoms with Crippen LogP contribution in [-0.4, -0.2) is 68.0 Å². The van der Waals surface area contributed by atoms with E-state index in [1.54, 1.807) is 35.7 Å². The van der Waals surface area contributed by atoms with Gasteiger partial charge in [0.25, 0.3) is 0 Å². The van der Waals surface area contributed by atoms with E-state index in [4.69, 9.17) is 14.5 Å². The Hall–Kier alpha value is -1.56. The second kappa shape index (κ2) is 11.9. The number of rotatable bonds is 11. The fourth-order valence-electron chi connectivity index (χ4n) is 3.85. The molecule has 1 aliphatic heterocycles. The smallest absolute Gasteiger partial charge is 0.243 e. The molecule has 1 aliphatic rings. The molecule has 2 aromatic carbocycles. The Labute approximate surface area is 210 Å². The lowest BCUT2D eigenvalue weighted by Crippen LogP contribution is -2.40. The molecule has 0 spiro atoms. The van der Waals surface area contributed by atoms with Crippen molar-refractivity contribution < 1.29 is 17.9 Å². The van der Waals surface area contributed by atoms with Gasteiger partial charge in [-0.25, -0.2) is 13.4 Å². The van der Waals surface area contributed by atoms with Crippen molar-refractivity contribution in [2.45, 2.75) is 40.6 Å². The predicted octanol–water partition coefficient (Wildman–Crippen LogP) is 4.50. The molecule has 0 N–H and O–H groups in total. The van der Waals surface area contributed by atoms with Gasteiger partial charge in [-0.3, -0.25) is 0 Å². The van der Waals surface area contributed by atoms with Gasteiger partial charge in [0.2, 0.25) is 10.0 Å². The molecule has 0 amide bonds. The average Bonchev–Trinajstić information content (AvgIpc) is 3.22. The number of aromatic nitrogens is 2. The number of imidazole rings is 1. The van der Waals surface area contributed by atoms with Gasteiger partial charge in [0.1, 0.15) is 0 Å². The van der Waals surface area contributed by atoms with Crippen molar-refractivity contribution in [3.63, 3.8) is 0 Å². The summed E-state index contributed by atoms with van der Waals surface area (Å²) in [6, 6.07) is 13.8. The van der Waals surface area contributed by atoms with E-state index in [0.29, 0.717) is 45.0 Å². The van der Waals surface area contributed by atoms with Crippen LogP contribution in [0.25, 0.3) is 11.0 Å². The summed E-state index contributed by atoms with van der Waals surface area (Å²) in [4.78, 5) is 6.38. The normalized spacial score (nSPS) is 15.2. The predicted molar refractivity (Wildman–Crippen MR) is 138 cm³/mol. The molecule has 34 heavy (non-hydrogen) atoms. The van der Waals surface area contributed by atoms with Crippen LogP contribution in [0, 0.1) is 0 Å². The minimum atomic E-state index is -3.57. The van der Waals surface area contributed by atoms with Crippen LogP contribution in [0.4, 0.5) is 0 Å². The lowest BCUT2D eigenvalue weighted by Gasteiger charge is -2.26. The Morgan fingerprint density at radius 2 is 1.88 bits per heavy atom. The third kappa shape index (κ3) is 5.98. The summed E-state index contributed by atoms with van der Waals surface area (Å²) in [5.41, 5.74) is 2.87. The molecule has 1 fully saturated rings. The average molecular weight is 522 g/mol. The van der Waals surface area contributed by atoms with Crippen molar-refractivity contribution in [3.8, 4) is 0 Å². The van der Waals surface area contributed by atoms with Crippen molar-refractivity contribution in [2.24, 2.45) is 0 Å². The van der Waals surface area contributed by atoms with Gasteiger partial charge < -0.3 is 14.0 Å². The van der Waals surface area contributed by atoms with Gasteiger partial charge in [0.15, 0.2) is 5.16 Å². The maximum absolute atomic E-state index is 13.1. The van der Waals surface area contributed by atoms with Crippen molar-refractivity contribution in [2.75, 3.05) is 45.8 Å². The molecular formula is C24H31N3O4S3. The number of sulfonamides is 1. The molecule has 0 bridgehead atoms. The molecule has 0 unspecified atom stereocenters. The molecule has 1 saturated heterocycles. The van der Waals surface area contributed by atoms with Crippen molar-refractivity contribution in [1.82, 2.24) is 13.9 Å². The van der Waals surface area contributed by atoms with E-state index in [0.717, 1.165) is 29.4 Å². The lowest BCUT2D eigenvalue weighted by molar-refractivity contribution is 0.0730. The van der Waals surface area contributed by atoms with Gasteiger partial charge in [-0.1, -0.05) is 23.9 Å². The number of aryl methyl sites for hydroxylation is 1. The third-order valence-corrected chi connectivity index (χ3v) is 9.38. The monoisotopic (exact) mass is 521 g/mol. The first kappa shape index (κ1) is 25.5. The highest BCUT2D eigenvalue weighted by molar-refractivity contribution is 7.98. The fourth-order valence-corrected chi connectivity index (χ4v) is 6.68. The molecular weight excluding hydrogens is 490 g/mol. The molecule has 1 aromatic heterocycles. The quantitative estimate of drug-likeness (QED) is 0.272. The van der Waals surface area contributed by atoms with E-state index in [9.17, 15) is 8.42 Å². The maximum Gasteiger partial charge on any atom is 0.243 e. The van der Waals surface area contributed by atoms with Crippen molar-refractivity contribution in [3.05, 3.63) is 48.0 Å². The van der Waals surface area contributed by atoms with Crippen molar-refractivity contribution in [1.29, 1.82) is 0 Å². The number of fused-ring (bicyclic) bond motifs is 1. The minimum Gasteiger partial charge on any atom is -0.382 e. The molecule has 4 rings (SSSR count). The zero-order chi connectivity index (χ0) is 24.0. The van der Waals surface area contributed by atoms with E-state index in [-0.39, 0.29) is 4.90 Å². The number of benzene rings is 2. The highest BCUT2D eigenvalue weighted by Crippen LogP contribution is 2.30. The topological polar surface area (TPSA) is 73.7 Å². The van der Waals surface area contributed by atoms with E-state index in [1.165, 1.54) is 14.8 Å².